The minimum atomic E-state index is -1.35. The number of H-pyrrole nitrogens is 1. The second-order valence-electron chi connectivity index (χ2n) is 4.76. The quantitative estimate of drug-likeness (QED) is 0.562. The largest absolute Gasteiger partial charge is 0.269 e. The van der Waals surface area contributed by atoms with Crippen LogP contribution in [-0.2, 0) is 0 Å². The Labute approximate surface area is 101 Å². The molecule has 1 aromatic heterocycles. The molecule has 0 spiro atoms. The molecule has 1 N–H and O–H groups in total. The summed E-state index contributed by atoms with van der Waals surface area (Å²) in [5.74, 6) is 3.18. The molecule has 4 heteroatoms. The zero-order chi connectivity index (χ0) is 11.8. The summed E-state index contributed by atoms with van der Waals surface area (Å²) in [4.78, 5) is 0. The van der Waals surface area contributed by atoms with E-state index in [0.717, 1.165) is 16.6 Å². The fraction of sp³-hybridized carbons (Fsp3) is 0.250. The van der Waals surface area contributed by atoms with Crippen molar-refractivity contribution in [2.24, 2.45) is 0 Å². The number of benzene rings is 1. The van der Waals surface area contributed by atoms with E-state index in [2.05, 4.69) is 41.3 Å². The fourth-order valence-electron chi connectivity index (χ4n) is 1.33. The zero-order valence-corrected chi connectivity index (χ0v) is 11.3. The number of hydrogen-bond donors (Lipinski definition) is 1. The Hall–Kier alpha value is -1.24. The van der Waals surface area contributed by atoms with Gasteiger partial charge in [0.1, 0.15) is 13.8 Å². The van der Waals surface area contributed by atoms with Crippen LogP contribution in [0.4, 0.5) is 0 Å². The van der Waals surface area contributed by atoms with Gasteiger partial charge in [0, 0.05) is 10.4 Å². The maximum Gasteiger partial charge on any atom is 0.129 e. The molecule has 0 aliphatic rings. The number of aromatic amines is 1. The Morgan fingerprint density at radius 3 is 2.75 bits per heavy atom. The number of nitrogens with one attached hydrogen (secondary N) is 1. The highest BCUT2D eigenvalue weighted by Gasteiger charge is 2.09. The Morgan fingerprint density at radius 2 is 2.06 bits per heavy atom. The topological polar surface area (TPSA) is 28.7 Å². The van der Waals surface area contributed by atoms with Gasteiger partial charge in [-0.05, 0) is 18.2 Å². The maximum atomic E-state index is 5.89. The lowest BCUT2D eigenvalue weighted by Crippen LogP contribution is -2.16. The molecule has 2 aromatic rings. The molecule has 0 atom stereocenters. The predicted molar refractivity (Wildman–Crippen MR) is 71.3 cm³/mol. The first kappa shape index (κ1) is 11.2. The van der Waals surface area contributed by atoms with Crippen molar-refractivity contribution in [3.63, 3.8) is 0 Å². The summed E-state index contributed by atoms with van der Waals surface area (Å²) in [7, 11) is -1.35. The van der Waals surface area contributed by atoms with Crippen LogP contribution >= 0.6 is 11.6 Å². The monoisotopic (exact) mass is 248 g/mol. The van der Waals surface area contributed by atoms with Gasteiger partial charge in [-0.3, -0.25) is 5.10 Å². The van der Waals surface area contributed by atoms with Crippen molar-refractivity contribution in [2.45, 2.75) is 19.6 Å². The van der Waals surface area contributed by atoms with Crippen LogP contribution in [0.5, 0.6) is 0 Å². The predicted octanol–water partition coefficient (Wildman–Crippen LogP) is 3.45. The smallest absolute Gasteiger partial charge is 0.129 e. The van der Waals surface area contributed by atoms with Crippen molar-refractivity contribution >= 4 is 30.6 Å². The molecule has 0 bridgehead atoms. The number of rotatable bonds is 0. The first-order valence-electron chi connectivity index (χ1n) is 5.12. The second-order valence-corrected chi connectivity index (χ2v) is 9.95. The lowest BCUT2D eigenvalue weighted by Gasteiger charge is -2.02. The summed E-state index contributed by atoms with van der Waals surface area (Å²) in [5, 5.41) is 8.87. The van der Waals surface area contributed by atoms with E-state index in [-0.39, 0.29) is 0 Å². The Kier molecular flexibility index (Phi) is 2.79. The number of hydrogen-bond acceptors (Lipinski definition) is 1. The summed E-state index contributed by atoms with van der Waals surface area (Å²) in [6.45, 7) is 6.65. The third kappa shape index (κ3) is 2.46. The average molecular weight is 249 g/mol. The Balaban J connectivity index is 2.50. The van der Waals surface area contributed by atoms with Crippen molar-refractivity contribution in [2.75, 3.05) is 0 Å². The van der Waals surface area contributed by atoms with E-state index in [1.807, 2.05) is 18.2 Å². The average Bonchev–Trinajstić information content (AvgIpc) is 2.56. The van der Waals surface area contributed by atoms with Crippen LogP contribution in [0, 0.1) is 11.5 Å². The number of fused-ring (bicyclic) bond motifs is 1. The van der Waals surface area contributed by atoms with Crippen molar-refractivity contribution in [3.8, 4) is 11.5 Å². The summed E-state index contributed by atoms with van der Waals surface area (Å²) < 4.78 is 0. The molecule has 1 aromatic carbocycles. The van der Waals surface area contributed by atoms with Gasteiger partial charge >= 0.3 is 0 Å². The van der Waals surface area contributed by atoms with Crippen molar-refractivity contribution in [3.05, 3.63) is 28.9 Å². The van der Waals surface area contributed by atoms with E-state index in [1.165, 1.54) is 0 Å². The van der Waals surface area contributed by atoms with Crippen LogP contribution < -0.4 is 0 Å². The van der Waals surface area contributed by atoms with Gasteiger partial charge in [-0.2, -0.15) is 5.10 Å². The lowest BCUT2D eigenvalue weighted by atomic mass is 10.2. The van der Waals surface area contributed by atoms with E-state index >= 15 is 0 Å². The van der Waals surface area contributed by atoms with Gasteiger partial charge in [-0.15, -0.1) is 5.54 Å². The molecule has 1 heterocycles. The van der Waals surface area contributed by atoms with Gasteiger partial charge < -0.3 is 0 Å². The van der Waals surface area contributed by atoms with E-state index in [0.29, 0.717) is 5.02 Å². The minimum absolute atomic E-state index is 0.698. The van der Waals surface area contributed by atoms with Crippen molar-refractivity contribution in [1.29, 1.82) is 0 Å². The van der Waals surface area contributed by atoms with Gasteiger partial charge in [0.2, 0.25) is 0 Å². The molecule has 0 aliphatic carbocycles. The summed E-state index contributed by atoms with van der Waals surface area (Å²) >= 11 is 5.89. The first-order chi connectivity index (χ1) is 7.46. The SMILES string of the molecule is C[Si](C)(C)C#Cc1[nH]nc2cc(Cl)ccc12. The van der Waals surface area contributed by atoms with E-state index in [4.69, 9.17) is 11.6 Å². The second kappa shape index (κ2) is 3.97. The van der Waals surface area contributed by atoms with Crippen LogP contribution in [0.2, 0.25) is 24.7 Å². The van der Waals surface area contributed by atoms with E-state index in [1.54, 1.807) is 0 Å². The number of halogens is 1. The molecular formula is C12H13ClN2Si. The van der Waals surface area contributed by atoms with Crippen LogP contribution in [0.1, 0.15) is 5.69 Å². The molecule has 0 fully saturated rings. The molecule has 0 saturated carbocycles. The maximum absolute atomic E-state index is 5.89. The fourth-order valence-corrected chi connectivity index (χ4v) is 2.00. The van der Waals surface area contributed by atoms with Crippen LogP contribution in [0.25, 0.3) is 10.9 Å². The highest BCUT2D eigenvalue weighted by atomic mass is 35.5. The van der Waals surface area contributed by atoms with E-state index < -0.39 is 8.07 Å². The van der Waals surface area contributed by atoms with Crippen molar-refractivity contribution < 1.29 is 0 Å². The van der Waals surface area contributed by atoms with Crippen molar-refractivity contribution in [1.82, 2.24) is 10.2 Å². The summed E-state index contributed by atoms with van der Waals surface area (Å²) in [6.07, 6.45) is 0. The van der Waals surface area contributed by atoms with Gasteiger partial charge in [0.25, 0.3) is 0 Å². The minimum Gasteiger partial charge on any atom is -0.269 e. The molecule has 0 amide bonds. The van der Waals surface area contributed by atoms with Gasteiger partial charge in [-0.1, -0.05) is 37.2 Å². The third-order valence-corrected chi connectivity index (χ3v) is 3.19. The molecule has 0 unspecified atom stereocenters. The molecule has 2 nitrogen and oxygen atoms in total. The summed E-state index contributed by atoms with van der Waals surface area (Å²) in [6, 6.07) is 5.65. The van der Waals surface area contributed by atoms with Crippen LogP contribution in [-0.4, -0.2) is 18.3 Å². The van der Waals surface area contributed by atoms with E-state index in [9.17, 15) is 0 Å². The summed E-state index contributed by atoms with van der Waals surface area (Å²) in [5.41, 5.74) is 5.07. The molecule has 0 saturated heterocycles. The van der Waals surface area contributed by atoms with Gasteiger partial charge in [0.15, 0.2) is 0 Å². The first-order valence-corrected chi connectivity index (χ1v) is 9.00. The standard InChI is InChI=1S/C12H13ClN2Si/c1-16(2,3)7-6-11-10-5-4-9(13)8-12(10)15-14-11/h4-5,8H,1-3H3,(H,14,15). The number of aromatic nitrogens is 2. The van der Waals surface area contributed by atoms with Crippen LogP contribution in [0.15, 0.2) is 18.2 Å². The molecule has 2 rings (SSSR count). The lowest BCUT2D eigenvalue weighted by molar-refractivity contribution is 1.10. The molecule has 0 aliphatic heterocycles. The van der Waals surface area contributed by atoms with Gasteiger partial charge in [-0.25, -0.2) is 0 Å². The number of nitrogens with zero attached hydrogens (tertiary/aromatic N) is 1. The highest BCUT2D eigenvalue weighted by Crippen LogP contribution is 2.19. The normalized spacial score (nSPS) is 11.2. The molecule has 0 radical (unpaired) electrons. The van der Waals surface area contributed by atoms with Crippen LogP contribution in [0.3, 0.4) is 0 Å². The third-order valence-electron chi connectivity index (χ3n) is 2.08. The Bertz CT molecular complexity index is 584. The molecule has 82 valence electrons. The highest BCUT2D eigenvalue weighted by molar-refractivity contribution is 6.83. The van der Waals surface area contributed by atoms with Gasteiger partial charge in [0.05, 0.1) is 5.52 Å². The Morgan fingerprint density at radius 1 is 1.31 bits per heavy atom. The zero-order valence-electron chi connectivity index (χ0n) is 9.56. The molecule has 16 heavy (non-hydrogen) atoms. The molecular weight excluding hydrogens is 236 g/mol.